The van der Waals surface area contributed by atoms with Crippen molar-refractivity contribution < 1.29 is 29.3 Å². The van der Waals surface area contributed by atoms with Crippen molar-refractivity contribution in [1.82, 2.24) is 0 Å². The molecule has 0 aromatic rings. The van der Waals surface area contributed by atoms with Gasteiger partial charge in [0, 0.05) is 23.0 Å². The van der Waals surface area contributed by atoms with Gasteiger partial charge in [-0.25, -0.2) is 4.79 Å². The molecule has 1 spiro atoms. The summed E-state index contributed by atoms with van der Waals surface area (Å²) in [6.07, 6.45) is 2.48. The monoisotopic (exact) mass is 324 g/mol. The third kappa shape index (κ3) is 1.88. The van der Waals surface area contributed by atoms with Crippen molar-refractivity contribution in [3.63, 3.8) is 0 Å². The molecule has 0 aromatic carbocycles. The van der Waals surface area contributed by atoms with Crippen LogP contribution in [0.2, 0.25) is 0 Å². The highest BCUT2D eigenvalue weighted by Crippen LogP contribution is 2.71. The Labute approximate surface area is 135 Å². The smallest absolute Gasteiger partial charge is 0.333 e. The lowest BCUT2D eigenvalue weighted by atomic mass is 9.65. The van der Waals surface area contributed by atoms with Gasteiger partial charge in [-0.3, -0.25) is 4.79 Å². The number of fused-ring (bicyclic) bond motifs is 1. The second kappa shape index (κ2) is 5.31. The lowest BCUT2D eigenvalue weighted by molar-refractivity contribution is -0.153. The third-order valence-corrected chi connectivity index (χ3v) is 6.70. The fourth-order valence-electron chi connectivity index (χ4n) is 5.64. The molecule has 3 rings (SSSR count). The van der Waals surface area contributed by atoms with Gasteiger partial charge in [0.1, 0.15) is 0 Å². The van der Waals surface area contributed by atoms with Crippen molar-refractivity contribution in [1.29, 1.82) is 0 Å². The Balaban J connectivity index is 2.13. The standard InChI is InChI=1S/C17H24O6/c1-16(8-18)11-7-17(13(19)6-9(11)14(20)22-2)10(15(21)23-3)4-5-12(16)17/h6,10-13,18-19H,4-5,7-8H2,1-3H3/t10-,11-,12-,13+,16-,17+/m1/s1. The van der Waals surface area contributed by atoms with Crippen molar-refractivity contribution in [2.75, 3.05) is 20.8 Å². The molecule has 6 heteroatoms. The summed E-state index contributed by atoms with van der Waals surface area (Å²) < 4.78 is 9.80. The summed E-state index contributed by atoms with van der Waals surface area (Å²) in [5.41, 5.74) is -0.798. The van der Waals surface area contributed by atoms with Crippen LogP contribution in [0.15, 0.2) is 11.6 Å². The molecule has 3 aliphatic carbocycles. The average molecular weight is 324 g/mol. The van der Waals surface area contributed by atoms with Crippen LogP contribution >= 0.6 is 0 Å². The second-order valence-corrected chi connectivity index (χ2v) is 7.30. The zero-order valence-electron chi connectivity index (χ0n) is 13.7. The van der Waals surface area contributed by atoms with Crippen LogP contribution in [0.25, 0.3) is 0 Å². The van der Waals surface area contributed by atoms with Gasteiger partial charge in [0.05, 0.1) is 26.2 Å². The van der Waals surface area contributed by atoms with Crippen molar-refractivity contribution >= 4 is 11.9 Å². The summed E-state index contributed by atoms with van der Waals surface area (Å²) in [4.78, 5) is 24.4. The molecule has 0 amide bonds. The van der Waals surface area contributed by atoms with Gasteiger partial charge in [-0.15, -0.1) is 0 Å². The highest BCUT2D eigenvalue weighted by Gasteiger charge is 2.71. The Morgan fingerprint density at radius 2 is 2.00 bits per heavy atom. The zero-order chi connectivity index (χ0) is 17.0. The minimum atomic E-state index is -0.919. The minimum Gasteiger partial charge on any atom is -0.469 e. The molecule has 2 saturated carbocycles. The van der Waals surface area contributed by atoms with E-state index < -0.39 is 28.8 Å². The lowest BCUT2D eigenvalue weighted by Gasteiger charge is -2.40. The number of carbonyl (C=O) groups is 2. The predicted octanol–water partition coefficient (Wildman–Crippen LogP) is 0.664. The van der Waals surface area contributed by atoms with Crippen LogP contribution in [-0.4, -0.2) is 49.1 Å². The van der Waals surface area contributed by atoms with Gasteiger partial charge >= 0.3 is 11.9 Å². The van der Waals surface area contributed by atoms with Crippen LogP contribution in [-0.2, 0) is 19.1 Å². The summed E-state index contributed by atoms with van der Waals surface area (Å²) in [6, 6.07) is 0. The maximum absolute atomic E-state index is 12.3. The van der Waals surface area contributed by atoms with Gasteiger partial charge in [-0.2, -0.15) is 0 Å². The molecule has 6 atom stereocenters. The number of hydrogen-bond acceptors (Lipinski definition) is 6. The SMILES string of the molecule is COC(=O)C1=C[C@H](O)[C@]23C[C@H]1[C@@](C)(CO)[C@H]2CC[C@@H]3C(=O)OC. The first-order valence-corrected chi connectivity index (χ1v) is 8.03. The van der Waals surface area contributed by atoms with Crippen LogP contribution in [0.3, 0.4) is 0 Å². The van der Waals surface area contributed by atoms with E-state index in [9.17, 15) is 19.8 Å². The Kier molecular flexibility index (Phi) is 3.80. The first-order chi connectivity index (χ1) is 10.9. The minimum absolute atomic E-state index is 0.0393. The number of aliphatic hydroxyl groups is 2. The highest BCUT2D eigenvalue weighted by atomic mass is 16.5. The maximum atomic E-state index is 12.3. The molecule has 0 aliphatic heterocycles. The summed E-state index contributed by atoms with van der Waals surface area (Å²) in [5.74, 6) is -1.46. The lowest BCUT2D eigenvalue weighted by Crippen LogP contribution is -2.46. The Morgan fingerprint density at radius 1 is 1.30 bits per heavy atom. The van der Waals surface area contributed by atoms with Crippen molar-refractivity contribution in [3.05, 3.63) is 11.6 Å². The van der Waals surface area contributed by atoms with E-state index in [1.54, 1.807) is 0 Å². The van der Waals surface area contributed by atoms with Gasteiger partial charge in [-0.05, 0) is 37.2 Å². The quantitative estimate of drug-likeness (QED) is 0.741. The molecule has 0 radical (unpaired) electrons. The molecule has 0 saturated heterocycles. The fourth-order valence-corrected chi connectivity index (χ4v) is 5.64. The molecule has 6 nitrogen and oxygen atoms in total. The number of ether oxygens (including phenoxy) is 2. The van der Waals surface area contributed by atoms with Crippen LogP contribution in [0.1, 0.15) is 26.2 Å². The summed E-state index contributed by atoms with van der Waals surface area (Å²) >= 11 is 0. The van der Waals surface area contributed by atoms with Crippen LogP contribution in [0.5, 0.6) is 0 Å². The Hall–Kier alpha value is -1.40. The summed E-state index contributed by atoms with van der Waals surface area (Å²) in [6.45, 7) is 1.84. The molecule has 2 bridgehead atoms. The zero-order valence-corrected chi connectivity index (χ0v) is 13.7. The molecule has 0 heterocycles. The third-order valence-electron chi connectivity index (χ3n) is 6.70. The first-order valence-electron chi connectivity index (χ1n) is 8.03. The summed E-state index contributed by atoms with van der Waals surface area (Å²) in [5, 5.41) is 20.9. The van der Waals surface area contributed by atoms with Crippen molar-refractivity contribution in [2.45, 2.75) is 32.3 Å². The number of rotatable bonds is 3. The average Bonchev–Trinajstić information content (AvgIpc) is 3.04. The molecule has 2 N–H and O–H groups in total. The Bertz CT molecular complexity index is 569. The number of hydrogen-bond donors (Lipinski definition) is 2. The van der Waals surface area contributed by atoms with Crippen molar-refractivity contribution in [2.24, 2.45) is 28.6 Å². The maximum Gasteiger partial charge on any atom is 0.333 e. The van der Waals surface area contributed by atoms with Crippen LogP contribution < -0.4 is 0 Å². The Morgan fingerprint density at radius 3 is 2.57 bits per heavy atom. The van der Waals surface area contributed by atoms with E-state index in [0.29, 0.717) is 18.4 Å². The molecular formula is C17H24O6. The first kappa shape index (κ1) is 16.5. The van der Waals surface area contributed by atoms with E-state index >= 15 is 0 Å². The second-order valence-electron chi connectivity index (χ2n) is 7.30. The number of esters is 2. The van der Waals surface area contributed by atoms with E-state index in [0.717, 1.165) is 6.42 Å². The van der Waals surface area contributed by atoms with Gasteiger partial charge in [0.25, 0.3) is 0 Å². The predicted molar refractivity (Wildman–Crippen MR) is 80.1 cm³/mol. The van der Waals surface area contributed by atoms with E-state index in [1.165, 1.54) is 20.3 Å². The van der Waals surface area contributed by atoms with E-state index in [-0.39, 0.29) is 24.4 Å². The molecule has 0 aromatic heterocycles. The molecule has 128 valence electrons. The number of aliphatic hydroxyl groups excluding tert-OH is 2. The van der Waals surface area contributed by atoms with Crippen molar-refractivity contribution in [3.8, 4) is 0 Å². The largest absolute Gasteiger partial charge is 0.469 e. The normalized spacial score (nSPS) is 44.5. The van der Waals surface area contributed by atoms with Gasteiger partial charge in [-0.1, -0.05) is 6.92 Å². The van der Waals surface area contributed by atoms with E-state index in [1.807, 2.05) is 6.92 Å². The van der Waals surface area contributed by atoms with Crippen LogP contribution in [0.4, 0.5) is 0 Å². The molecule has 2 fully saturated rings. The topological polar surface area (TPSA) is 93.1 Å². The summed E-state index contributed by atoms with van der Waals surface area (Å²) in [7, 11) is 2.66. The highest BCUT2D eigenvalue weighted by molar-refractivity contribution is 5.90. The molecule has 3 aliphatic rings. The number of carbonyl (C=O) groups excluding carboxylic acids is 2. The van der Waals surface area contributed by atoms with Gasteiger partial charge < -0.3 is 19.7 Å². The molecular weight excluding hydrogens is 300 g/mol. The van der Waals surface area contributed by atoms with Gasteiger partial charge in [0.2, 0.25) is 0 Å². The number of methoxy groups -OCH3 is 2. The molecule has 0 unspecified atom stereocenters. The van der Waals surface area contributed by atoms with E-state index in [2.05, 4.69) is 0 Å². The van der Waals surface area contributed by atoms with E-state index in [4.69, 9.17) is 9.47 Å². The van der Waals surface area contributed by atoms with Gasteiger partial charge in [0.15, 0.2) is 0 Å². The molecule has 23 heavy (non-hydrogen) atoms. The van der Waals surface area contributed by atoms with Crippen LogP contribution in [0, 0.1) is 28.6 Å². The fraction of sp³-hybridized carbons (Fsp3) is 0.765.